The summed E-state index contributed by atoms with van der Waals surface area (Å²) in [5.41, 5.74) is 1.11. The number of hydrogen-bond donors (Lipinski definition) is 0. The Morgan fingerprint density at radius 3 is 2.88 bits per heavy atom. The van der Waals surface area contributed by atoms with Crippen LogP contribution in [0.25, 0.3) is 0 Å². The van der Waals surface area contributed by atoms with Crippen LogP contribution in [0.3, 0.4) is 0 Å². The van der Waals surface area contributed by atoms with Crippen molar-refractivity contribution in [1.82, 2.24) is 19.9 Å². The van der Waals surface area contributed by atoms with Gasteiger partial charge in [0.25, 0.3) is 0 Å². The summed E-state index contributed by atoms with van der Waals surface area (Å²) in [4.78, 5) is 20.9. The molecule has 0 atom stereocenters. The van der Waals surface area contributed by atoms with E-state index in [9.17, 15) is 4.79 Å². The van der Waals surface area contributed by atoms with Crippen LogP contribution in [0.2, 0.25) is 0 Å². The molecule has 1 aliphatic heterocycles. The third-order valence-electron chi connectivity index (χ3n) is 4.22. The van der Waals surface area contributed by atoms with Crippen molar-refractivity contribution in [1.29, 1.82) is 0 Å². The molecule has 0 bridgehead atoms. The maximum atomic E-state index is 12.8. The summed E-state index contributed by atoms with van der Waals surface area (Å²) in [5.74, 6) is 1.99. The molecule has 2 heterocycles. The molecule has 0 saturated heterocycles. The van der Waals surface area contributed by atoms with E-state index in [1.165, 1.54) is 0 Å². The molecule has 2 aromatic rings. The predicted molar refractivity (Wildman–Crippen MR) is 91.9 cm³/mol. The highest BCUT2D eigenvalue weighted by atomic mass is 16.5. The summed E-state index contributed by atoms with van der Waals surface area (Å²) in [5, 5.41) is 3.90. The fourth-order valence-corrected chi connectivity index (χ4v) is 2.91. The summed E-state index contributed by atoms with van der Waals surface area (Å²) < 4.78 is 10.8. The van der Waals surface area contributed by atoms with E-state index in [0.717, 1.165) is 11.3 Å². The number of aromatic nitrogens is 2. The highest BCUT2D eigenvalue weighted by molar-refractivity contribution is 5.78. The van der Waals surface area contributed by atoms with Crippen LogP contribution in [0.4, 0.5) is 0 Å². The summed E-state index contributed by atoms with van der Waals surface area (Å²) in [6.07, 6.45) is 0. The van der Waals surface area contributed by atoms with E-state index in [4.69, 9.17) is 9.26 Å². The van der Waals surface area contributed by atoms with Crippen LogP contribution in [-0.4, -0.2) is 51.6 Å². The SMILES string of the molecule is Cc1nc(CN(C(=O)CN2CCOc3ccccc3C2)C(C)C)no1. The lowest BCUT2D eigenvalue weighted by atomic mass is 10.2. The Morgan fingerprint density at radius 1 is 1.36 bits per heavy atom. The van der Waals surface area contributed by atoms with Crippen LogP contribution in [0, 0.1) is 6.92 Å². The van der Waals surface area contributed by atoms with Gasteiger partial charge in [-0.25, -0.2) is 0 Å². The summed E-state index contributed by atoms with van der Waals surface area (Å²) in [6.45, 7) is 8.42. The maximum Gasteiger partial charge on any atom is 0.237 e. The Labute approximate surface area is 147 Å². The van der Waals surface area contributed by atoms with Gasteiger partial charge < -0.3 is 14.2 Å². The number of amides is 1. The maximum absolute atomic E-state index is 12.8. The zero-order valence-electron chi connectivity index (χ0n) is 14.9. The average molecular weight is 344 g/mol. The standard InChI is InChI=1S/C18H24N4O3/c1-13(2)22(11-17-19-14(3)25-20-17)18(23)12-21-8-9-24-16-7-5-4-6-15(16)10-21/h4-7,13H,8-12H2,1-3H3. The van der Waals surface area contributed by atoms with Crippen LogP contribution in [0.15, 0.2) is 28.8 Å². The molecule has 0 aliphatic carbocycles. The molecule has 1 aromatic heterocycles. The number of para-hydroxylation sites is 1. The first-order valence-electron chi connectivity index (χ1n) is 8.54. The van der Waals surface area contributed by atoms with Crippen molar-refractivity contribution in [2.24, 2.45) is 0 Å². The van der Waals surface area contributed by atoms with Gasteiger partial charge in [0.2, 0.25) is 11.8 Å². The molecule has 3 rings (SSSR count). The molecular formula is C18H24N4O3. The van der Waals surface area contributed by atoms with Gasteiger partial charge >= 0.3 is 0 Å². The Bertz CT molecular complexity index is 729. The van der Waals surface area contributed by atoms with Gasteiger partial charge in [-0.2, -0.15) is 4.98 Å². The van der Waals surface area contributed by atoms with Crippen LogP contribution >= 0.6 is 0 Å². The number of carbonyl (C=O) groups excluding carboxylic acids is 1. The summed E-state index contributed by atoms with van der Waals surface area (Å²) in [7, 11) is 0. The molecule has 0 saturated carbocycles. The van der Waals surface area contributed by atoms with E-state index >= 15 is 0 Å². The summed E-state index contributed by atoms with van der Waals surface area (Å²) >= 11 is 0. The van der Waals surface area contributed by atoms with E-state index in [0.29, 0.717) is 44.5 Å². The van der Waals surface area contributed by atoms with Crippen molar-refractivity contribution in [3.05, 3.63) is 41.5 Å². The number of aryl methyl sites for hydroxylation is 1. The Morgan fingerprint density at radius 2 is 2.16 bits per heavy atom. The van der Waals surface area contributed by atoms with Crippen LogP contribution in [-0.2, 0) is 17.9 Å². The minimum atomic E-state index is 0.0526. The number of rotatable bonds is 5. The molecule has 134 valence electrons. The van der Waals surface area contributed by atoms with Crippen LogP contribution in [0.1, 0.15) is 31.1 Å². The van der Waals surface area contributed by atoms with Gasteiger partial charge in [0.15, 0.2) is 5.82 Å². The van der Waals surface area contributed by atoms with Gasteiger partial charge in [-0.3, -0.25) is 9.69 Å². The quantitative estimate of drug-likeness (QED) is 0.826. The first-order chi connectivity index (χ1) is 12.0. The number of ether oxygens (including phenoxy) is 1. The van der Waals surface area contributed by atoms with Gasteiger partial charge in [0, 0.05) is 31.6 Å². The molecule has 0 spiro atoms. The Hall–Kier alpha value is -2.41. The van der Waals surface area contributed by atoms with Gasteiger partial charge in [-0.15, -0.1) is 0 Å². The number of nitrogens with zero attached hydrogens (tertiary/aromatic N) is 4. The van der Waals surface area contributed by atoms with Crippen molar-refractivity contribution in [3.63, 3.8) is 0 Å². The van der Waals surface area contributed by atoms with E-state index in [1.54, 1.807) is 11.8 Å². The van der Waals surface area contributed by atoms with Crippen molar-refractivity contribution < 1.29 is 14.1 Å². The number of carbonyl (C=O) groups is 1. The normalized spacial score (nSPS) is 14.7. The highest BCUT2D eigenvalue weighted by Gasteiger charge is 2.23. The molecule has 1 aromatic carbocycles. The molecule has 0 radical (unpaired) electrons. The second-order valence-corrected chi connectivity index (χ2v) is 6.51. The fourth-order valence-electron chi connectivity index (χ4n) is 2.91. The lowest BCUT2D eigenvalue weighted by Gasteiger charge is -2.28. The average Bonchev–Trinajstić information content (AvgIpc) is 2.87. The van der Waals surface area contributed by atoms with E-state index in [1.807, 2.05) is 38.1 Å². The van der Waals surface area contributed by atoms with Gasteiger partial charge in [0.1, 0.15) is 12.4 Å². The number of benzene rings is 1. The van der Waals surface area contributed by atoms with Crippen LogP contribution in [0.5, 0.6) is 5.75 Å². The third kappa shape index (κ3) is 4.36. The first-order valence-corrected chi connectivity index (χ1v) is 8.54. The number of hydrogen-bond acceptors (Lipinski definition) is 6. The molecule has 0 fully saturated rings. The van der Waals surface area contributed by atoms with Gasteiger partial charge in [-0.05, 0) is 19.9 Å². The van der Waals surface area contributed by atoms with Gasteiger partial charge in [0.05, 0.1) is 13.1 Å². The topological polar surface area (TPSA) is 71.7 Å². The lowest BCUT2D eigenvalue weighted by molar-refractivity contribution is -0.135. The molecule has 25 heavy (non-hydrogen) atoms. The molecule has 7 nitrogen and oxygen atoms in total. The minimum Gasteiger partial charge on any atom is -0.492 e. The summed E-state index contributed by atoms with van der Waals surface area (Å²) in [6, 6.07) is 8.03. The zero-order chi connectivity index (χ0) is 17.8. The monoisotopic (exact) mass is 344 g/mol. The molecule has 0 N–H and O–H groups in total. The first kappa shape index (κ1) is 17.4. The zero-order valence-corrected chi connectivity index (χ0v) is 14.9. The van der Waals surface area contributed by atoms with Crippen molar-refractivity contribution in [2.45, 2.75) is 39.9 Å². The van der Waals surface area contributed by atoms with Crippen LogP contribution < -0.4 is 4.74 Å². The predicted octanol–water partition coefficient (Wildman–Crippen LogP) is 2.01. The minimum absolute atomic E-state index is 0.0526. The molecule has 1 aliphatic rings. The second-order valence-electron chi connectivity index (χ2n) is 6.51. The Balaban J connectivity index is 1.66. The lowest BCUT2D eigenvalue weighted by Crippen LogP contribution is -2.43. The van der Waals surface area contributed by atoms with Crippen molar-refractivity contribution in [3.8, 4) is 5.75 Å². The van der Waals surface area contributed by atoms with Crippen molar-refractivity contribution in [2.75, 3.05) is 19.7 Å². The molecule has 7 heteroatoms. The van der Waals surface area contributed by atoms with E-state index in [2.05, 4.69) is 15.0 Å². The largest absolute Gasteiger partial charge is 0.492 e. The third-order valence-corrected chi connectivity index (χ3v) is 4.22. The van der Waals surface area contributed by atoms with E-state index < -0.39 is 0 Å². The van der Waals surface area contributed by atoms with Crippen molar-refractivity contribution >= 4 is 5.91 Å². The van der Waals surface area contributed by atoms with E-state index in [-0.39, 0.29) is 11.9 Å². The molecule has 0 unspecified atom stereocenters. The fraction of sp³-hybridized carbons (Fsp3) is 0.500. The molecular weight excluding hydrogens is 320 g/mol. The number of fused-ring (bicyclic) bond motifs is 1. The second kappa shape index (κ2) is 7.65. The van der Waals surface area contributed by atoms with Gasteiger partial charge in [-0.1, -0.05) is 23.4 Å². The highest BCUT2D eigenvalue weighted by Crippen LogP contribution is 2.22. The smallest absolute Gasteiger partial charge is 0.237 e. The Kier molecular flexibility index (Phi) is 5.33. The molecule has 1 amide bonds.